The van der Waals surface area contributed by atoms with E-state index in [9.17, 15) is 0 Å². The zero-order valence-corrected chi connectivity index (χ0v) is 29.8. The van der Waals surface area contributed by atoms with Gasteiger partial charge in [0.05, 0.1) is 0 Å². The van der Waals surface area contributed by atoms with E-state index < -0.39 is 0 Å². The number of nitrogens with zero attached hydrogens (tertiary/aromatic N) is 6. The lowest BCUT2D eigenvalue weighted by atomic mass is 9.88. The van der Waals surface area contributed by atoms with Crippen molar-refractivity contribution in [3.05, 3.63) is 187 Å². The minimum Gasteiger partial charge on any atom is -0.456 e. The van der Waals surface area contributed by atoms with Crippen LogP contribution in [-0.2, 0) is 0 Å². The summed E-state index contributed by atoms with van der Waals surface area (Å²) < 4.78 is 6.58. The summed E-state index contributed by atoms with van der Waals surface area (Å²) in [5.74, 6) is 4.01. The molecule has 0 amide bonds. The predicted octanol–water partition coefficient (Wildman–Crippen LogP) is 11.4. The van der Waals surface area contributed by atoms with Crippen molar-refractivity contribution in [2.45, 2.75) is 24.7 Å². The summed E-state index contributed by atoms with van der Waals surface area (Å²) in [4.78, 5) is 30.4. The molecule has 0 aliphatic heterocycles. The Labute approximate surface area is 318 Å². The second kappa shape index (κ2) is 14.0. The molecule has 0 bridgehead atoms. The Morgan fingerprint density at radius 1 is 0.473 bits per heavy atom. The lowest BCUT2D eigenvalue weighted by Crippen LogP contribution is -2.10. The summed E-state index contributed by atoms with van der Waals surface area (Å²) in [6, 6.07) is 42.9. The maximum absolute atomic E-state index is 6.58. The molecule has 0 saturated carbocycles. The Balaban J connectivity index is 1.11. The van der Waals surface area contributed by atoms with Gasteiger partial charge in [-0.1, -0.05) is 152 Å². The van der Waals surface area contributed by atoms with Crippen molar-refractivity contribution in [3.8, 4) is 45.6 Å². The van der Waals surface area contributed by atoms with Gasteiger partial charge in [-0.15, -0.1) is 0 Å². The van der Waals surface area contributed by atoms with Gasteiger partial charge < -0.3 is 4.42 Å². The molecule has 0 spiro atoms. The van der Waals surface area contributed by atoms with Gasteiger partial charge in [0.1, 0.15) is 22.8 Å². The third kappa shape index (κ3) is 6.36. The van der Waals surface area contributed by atoms with Crippen molar-refractivity contribution in [1.29, 1.82) is 0 Å². The number of benzene rings is 5. The van der Waals surface area contributed by atoms with Gasteiger partial charge in [-0.05, 0) is 42.2 Å². The topological polar surface area (TPSA) is 90.5 Å². The zero-order chi connectivity index (χ0) is 36.6. The fraction of sp³-hybridized carbons (Fsp3) is 0.0833. The summed E-state index contributed by atoms with van der Waals surface area (Å²) in [5.41, 5.74) is 7.50. The summed E-state index contributed by atoms with van der Waals surface area (Å²) in [6.07, 6.45) is 16.4. The van der Waals surface area contributed by atoms with E-state index in [1.165, 1.54) is 0 Å². The van der Waals surface area contributed by atoms with Crippen LogP contribution in [0.3, 0.4) is 0 Å². The maximum atomic E-state index is 6.58. The van der Waals surface area contributed by atoms with Crippen LogP contribution in [0.5, 0.6) is 0 Å². The molecule has 10 rings (SSSR count). The third-order valence-corrected chi connectivity index (χ3v) is 10.2. The van der Waals surface area contributed by atoms with E-state index in [0.717, 1.165) is 73.4 Å². The van der Waals surface area contributed by atoms with Crippen LogP contribution in [0.4, 0.5) is 0 Å². The van der Waals surface area contributed by atoms with Crippen LogP contribution < -0.4 is 0 Å². The Hall–Kier alpha value is -7.12. The molecule has 0 radical (unpaired) electrons. The normalized spacial score (nSPS) is 16.5. The molecule has 7 heteroatoms. The van der Waals surface area contributed by atoms with E-state index in [-0.39, 0.29) is 11.8 Å². The first-order valence-corrected chi connectivity index (χ1v) is 18.6. The number of hydrogen-bond acceptors (Lipinski definition) is 7. The van der Waals surface area contributed by atoms with Gasteiger partial charge in [-0.3, -0.25) is 0 Å². The monoisotopic (exact) mass is 710 g/mol. The Morgan fingerprint density at radius 3 is 1.67 bits per heavy atom. The quantitative estimate of drug-likeness (QED) is 0.163. The summed E-state index contributed by atoms with van der Waals surface area (Å²) >= 11 is 0. The van der Waals surface area contributed by atoms with Gasteiger partial charge in [-0.25, -0.2) is 29.9 Å². The van der Waals surface area contributed by atoms with Crippen LogP contribution in [0.25, 0.3) is 73.1 Å². The van der Waals surface area contributed by atoms with Gasteiger partial charge in [0.25, 0.3) is 0 Å². The molecule has 3 aromatic heterocycles. The first-order valence-electron chi connectivity index (χ1n) is 18.6. The van der Waals surface area contributed by atoms with Crippen molar-refractivity contribution in [2.75, 3.05) is 0 Å². The minimum absolute atomic E-state index is 0.0443. The predicted molar refractivity (Wildman–Crippen MR) is 219 cm³/mol. The Morgan fingerprint density at radius 2 is 1.04 bits per heavy atom. The van der Waals surface area contributed by atoms with Gasteiger partial charge in [0.15, 0.2) is 23.3 Å². The van der Waals surface area contributed by atoms with Crippen molar-refractivity contribution in [1.82, 2.24) is 29.9 Å². The van der Waals surface area contributed by atoms with Crippen LogP contribution in [0.15, 0.2) is 174 Å². The molecule has 5 aromatic carbocycles. The first kappa shape index (κ1) is 32.5. The number of aromatic nitrogens is 6. The van der Waals surface area contributed by atoms with Crippen molar-refractivity contribution in [2.24, 2.45) is 0 Å². The summed E-state index contributed by atoms with van der Waals surface area (Å²) in [6.45, 7) is 0. The van der Waals surface area contributed by atoms with Crippen molar-refractivity contribution >= 4 is 27.5 Å². The molecule has 0 saturated heterocycles. The van der Waals surface area contributed by atoms with E-state index in [0.29, 0.717) is 29.7 Å². The van der Waals surface area contributed by atoms with Gasteiger partial charge in [0.2, 0.25) is 0 Å². The van der Waals surface area contributed by atoms with Crippen LogP contribution >= 0.6 is 0 Å². The highest BCUT2D eigenvalue weighted by Crippen LogP contribution is 2.41. The highest BCUT2D eigenvalue weighted by atomic mass is 16.3. The molecule has 262 valence electrons. The molecule has 8 aromatic rings. The molecule has 0 N–H and O–H groups in total. The largest absolute Gasteiger partial charge is 0.456 e. The van der Waals surface area contributed by atoms with Crippen molar-refractivity contribution < 1.29 is 4.42 Å². The number of furan rings is 1. The molecular formula is C48H34N6O. The van der Waals surface area contributed by atoms with E-state index in [2.05, 4.69) is 60.7 Å². The molecule has 2 unspecified atom stereocenters. The lowest BCUT2D eigenvalue weighted by molar-refractivity contribution is 0.668. The molecule has 3 heterocycles. The van der Waals surface area contributed by atoms with Crippen LogP contribution in [0, 0.1) is 0 Å². The van der Waals surface area contributed by atoms with Gasteiger partial charge >= 0.3 is 0 Å². The molecule has 0 fully saturated rings. The Kier molecular flexibility index (Phi) is 8.29. The molecule has 2 atom stereocenters. The fourth-order valence-electron chi connectivity index (χ4n) is 7.44. The zero-order valence-electron chi connectivity index (χ0n) is 29.8. The smallest absolute Gasteiger partial charge is 0.164 e. The van der Waals surface area contributed by atoms with Crippen LogP contribution in [0.1, 0.15) is 41.9 Å². The summed E-state index contributed by atoms with van der Waals surface area (Å²) in [7, 11) is 0. The van der Waals surface area contributed by atoms with E-state index in [1.807, 2.05) is 109 Å². The second-order valence-electron chi connectivity index (χ2n) is 13.8. The highest BCUT2D eigenvalue weighted by molar-refractivity contribution is 6.12. The molecule has 7 nitrogen and oxygen atoms in total. The number of rotatable bonds is 7. The summed E-state index contributed by atoms with van der Waals surface area (Å²) in [5, 5.41) is 2.00. The van der Waals surface area contributed by atoms with Crippen LogP contribution in [0.2, 0.25) is 0 Å². The van der Waals surface area contributed by atoms with E-state index >= 15 is 0 Å². The van der Waals surface area contributed by atoms with Gasteiger partial charge in [-0.2, -0.15) is 0 Å². The fourth-order valence-corrected chi connectivity index (χ4v) is 7.44. The van der Waals surface area contributed by atoms with Crippen molar-refractivity contribution in [3.63, 3.8) is 0 Å². The second-order valence-corrected chi connectivity index (χ2v) is 13.8. The average Bonchev–Trinajstić information content (AvgIpc) is 3.66. The number of allylic oxidation sites excluding steroid dienone is 8. The molecular weight excluding hydrogens is 677 g/mol. The van der Waals surface area contributed by atoms with Crippen LogP contribution in [-0.4, -0.2) is 29.9 Å². The highest BCUT2D eigenvalue weighted by Gasteiger charge is 2.25. The number of hydrogen-bond donors (Lipinski definition) is 0. The third-order valence-electron chi connectivity index (χ3n) is 10.2. The standard InChI is InChI=1S/C48H34N6O/c1-5-16-31(17-6-1)43-49-44(32-18-7-2-8-19-32)52-47(51-43)36-25-15-24-35(28-36)37-29-39(42-38-26-13-14-27-40(38)55-41(42)30-37)48-53-45(33-20-9-3-10-21-33)50-46(54-48)34-22-11-4-12-23-34/h1-22,24-27,29-30,34,36H,23,28H2. The molecule has 55 heavy (non-hydrogen) atoms. The number of fused-ring (bicyclic) bond motifs is 3. The number of para-hydroxylation sites is 1. The first-order chi connectivity index (χ1) is 27.2. The minimum atomic E-state index is -0.0812. The van der Waals surface area contributed by atoms with E-state index in [1.54, 1.807) is 0 Å². The average molecular weight is 711 g/mol. The SMILES string of the molecule is C1=CCC(c2nc(-c3ccccc3)nc(-c3cc(C4=CC=CC(c5nc(-c6ccccc6)nc(-c6ccccc6)n5)C4)cc4oc5ccccc5c34)n2)C=C1. The lowest BCUT2D eigenvalue weighted by Gasteiger charge is -2.20. The van der Waals surface area contributed by atoms with Gasteiger partial charge in [0, 0.05) is 44.9 Å². The molecule has 2 aliphatic carbocycles. The maximum Gasteiger partial charge on any atom is 0.164 e. The van der Waals surface area contributed by atoms with E-state index in [4.69, 9.17) is 34.3 Å². The Bertz CT molecular complexity index is 2760. The molecule has 2 aliphatic rings.